The van der Waals surface area contributed by atoms with E-state index in [0.29, 0.717) is 12.2 Å². The Hall–Kier alpha value is -1.57. The molecular formula is C18H22O2. The van der Waals surface area contributed by atoms with Crippen molar-refractivity contribution in [3.05, 3.63) is 35.6 Å². The maximum atomic E-state index is 12.3. The zero-order valence-corrected chi connectivity index (χ0v) is 12.2. The Morgan fingerprint density at radius 1 is 1.25 bits per heavy atom. The van der Waals surface area contributed by atoms with Gasteiger partial charge in [0.25, 0.3) is 0 Å². The summed E-state index contributed by atoms with van der Waals surface area (Å²) in [6.45, 7) is 2.02. The fourth-order valence-corrected chi connectivity index (χ4v) is 3.28. The molecule has 2 nitrogen and oxygen atoms in total. The molecule has 1 aromatic carbocycles. The Kier molecular flexibility index (Phi) is 3.90. The van der Waals surface area contributed by atoms with Crippen molar-refractivity contribution in [1.29, 1.82) is 0 Å². The molecule has 0 unspecified atom stereocenters. The van der Waals surface area contributed by atoms with E-state index in [4.69, 9.17) is 4.42 Å². The third kappa shape index (κ3) is 2.79. The third-order valence-electron chi connectivity index (χ3n) is 4.52. The predicted octanol–water partition coefficient (Wildman–Crippen LogP) is 5.28. The fourth-order valence-electron chi connectivity index (χ4n) is 3.28. The van der Waals surface area contributed by atoms with Crippen LogP contribution in [0.3, 0.4) is 0 Å². The Bertz CT molecular complexity index is 603. The van der Waals surface area contributed by atoms with Crippen molar-refractivity contribution in [2.45, 2.75) is 51.9 Å². The highest BCUT2D eigenvalue weighted by molar-refractivity contribution is 5.98. The summed E-state index contributed by atoms with van der Waals surface area (Å²) >= 11 is 0. The second-order valence-electron chi connectivity index (χ2n) is 6.07. The summed E-state index contributed by atoms with van der Waals surface area (Å²) in [6, 6.07) is 7.92. The van der Waals surface area contributed by atoms with Gasteiger partial charge in [-0.25, -0.2) is 0 Å². The number of aryl methyl sites for hydroxylation is 1. The first-order valence-electron chi connectivity index (χ1n) is 7.76. The molecule has 106 valence electrons. The highest BCUT2D eigenvalue weighted by Crippen LogP contribution is 2.29. The minimum absolute atomic E-state index is 0.158. The summed E-state index contributed by atoms with van der Waals surface area (Å²) in [7, 11) is 0. The van der Waals surface area contributed by atoms with Crippen LogP contribution in [0.15, 0.2) is 28.7 Å². The van der Waals surface area contributed by atoms with Gasteiger partial charge in [-0.1, -0.05) is 50.3 Å². The van der Waals surface area contributed by atoms with Gasteiger partial charge < -0.3 is 4.42 Å². The van der Waals surface area contributed by atoms with Crippen molar-refractivity contribution in [3.8, 4) is 0 Å². The number of Topliss-reactive ketones (excluding diaryl/α,β-unsaturated/α-hetero) is 1. The maximum Gasteiger partial charge on any atom is 0.198 e. The topological polar surface area (TPSA) is 30.2 Å². The summed E-state index contributed by atoms with van der Waals surface area (Å²) in [5, 5.41) is 1.03. The van der Waals surface area contributed by atoms with Gasteiger partial charge in [-0.2, -0.15) is 0 Å². The van der Waals surface area contributed by atoms with Crippen LogP contribution >= 0.6 is 0 Å². The lowest BCUT2D eigenvalue weighted by Crippen LogP contribution is -2.08. The lowest BCUT2D eigenvalue weighted by Gasteiger charge is -2.20. The van der Waals surface area contributed by atoms with Crippen LogP contribution in [-0.2, 0) is 0 Å². The fraction of sp³-hybridized carbons (Fsp3) is 0.500. The molecule has 3 rings (SSSR count). The minimum Gasteiger partial charge on any atom is -0.453 e. The molecule has 0 amide bonds. The van der Waals surface area contributed by atoms with Gasteiger partial charge in [0.2, 0.25) is 0 Å². The number of hydrogen-bond acceptors (Lipinski definition) is 2. The first-order chi connectivity index (χ1) is 9.74. The molecule has 0 radical (unpaired) electrons. The summed E-state index contributed by atoms with van der Waals surface area (Å²) < 4.78 is 5.75. The molecule has 1 aliphatic carbocycles. The second kappa shape index (κ2) is 5.82. The summed E-state index contributed by atoms with van der Waals surface area (Å²) in [6.07, 6.45) is 8.29. The van der Waals surface area contributed by atoms with Crippen molar-refractivity contribution < 1.29 is 9.21 Å². The van der Waals surface area contributed by atoms with Crippen molar-refractivity contribution in [3.63, 3.8) is 0 Å². The van der Waals surface area contributed by atoms with E-state index in [1.807, 2.05) is 31.2 Å². The number of carbonyl (C=O) groups is 1. The van der Waals surface area contributed by atoms with E-state index >= 15 is 0 Å². The van der Waals surface area contributed by atoms with Crippen LogP contribution in [0.4, 0.5) is 0 Å². The molecule has 0 N–H and O–H groups in total. The molecule has 20 heavy (non-hydrogen) atoms. The van der Waals surface area contributed by atoms with Crippen LogP contribution in [0.2, 0.25) is 0 Å². The highest BCUT2D eigenvalue weighted by Gasteiger charge is 2.18. The van der Waals surface area contributed by atoms with E-state index in [1.54, 1.807) is 0 Å². The molecular weight excluding hydrogens is 248 g/mol. The van der Waals surface area contributed by atoms with Gasteiger partial charge in [-0.3, -0.25) is 4.79 Å². The maximum absolute atomic E-state index is 12.3. The molecule has 1 aliphatic rings. The van der Waals surface area contributed by atoms with Gasteiger partial charge in [0.15, 0.2) is 11.5 Å². The van der Waals surface area contributed by atoms with Crippen LogP contribution in [0, 0.1) is 12.8 Å². The highest BCUT2D eigenvalue weighted by atomic mass is 16.3. The number of fused-ring (bicyclic) bond motifs is 1. The molecule has 0 saturated heterocycles. The summed E-state index contributed by atoms with van der Waals surface area (Å²) in [5.41, 5.74) is 1.95. The Labute approximate surface area is 120 Å². The zero-order valence-electron chi connectivity index (χ0n) is 12.2. The molecule has 0 atom stereocenters. The molecule has 1 saturated carbocycles. The van der Waals surface area contributed by atoms with E-state index in [9.17, 15) is 4.79 Å². The van der Waals surface area contributed by atoms with Crippen LogP contribution < -0.4 is 0 Å². The van der Waals surface area contributed by atoms with Crippen molar-refractivity contribution in [2.75, 3.05) is 0 Å². The molecule has 2 heteroatoms. The monoisotopic (exact) mass is 270 g/mol. The molecule has 0 bridgehead atoms. The van der Waals surface area contributed by atoms with Crippen molar-refractivity contribution in [2.24, 2.45) is 5.92 Å². The second-order valence-corrected chi connectivity index (χ2v) is 6.07. The van der Waals surface area contributed by atoms with E-state index in [2.05, 4.69) is 0 Å². The number of ketones is 1. The van der Waals surface area contributed by atoms with Gasteiger partial charge in [0.1, 0.15) is 5.58 Å². The van der Waals surface area contributed by atoms with E-state index in [1.165, 1.54) is 32.1 Å². The first kappa shape index (κ1) is 13.4. The standard InChI is InChI=1S/C18H22O2/c1-13-6-5-9-15-12-17(20-18(13)15)16(19)11-10-14-7-3-2-4-8-14/h5-6,9,12,14H,2-4,7-8,10-11H2,1H3. The SMILES string of the molecule is Cc1cccc2cc(C(=O)CCC3CCCCC3)oc12. The number of benzene rings is 1. The molecule has 0 spiro atoms. The number of hydrogen-bond donors (Lipinski definition) is 0. The predicted molar refractivity (Wildman–Crippen MR) is 81.1 cm³/mol. The number of para-hydroxylation sites is 1. The number of furan rings is 1. The number of carbonyl (C=O) groups excluding carboxylic acids is 1. The molecule has 0 aliphatic heterocycles. The Balaban J connectivity index is 1.67. The van der Waals surface area contributed by atoms with Crippen LogP contribution in [0.25, 0.3) is 11.0 Å². The van der Waals surface area contributed by atoms with Gasteiger partial charge in [0.05, 0.1) is 0 Å². The van der Waals surface area contributed by atoms with Gasteiger partial charge in [0, 0.05) is 11.8 Å². The minimum atomic E-state index is 0.158. The Morgan fingerprint density at radius 3 is 2.80 bits per heavy atom. The van der Waals surface area contributed by atoms with E-state index in [-0.39, 0.29) is 5.78 Å². The first-order valence-corrected chi connectivity index (χ1v) is 7.76. The smallest absolute Gasteiger partial charge is 0.198 e. The van der Waals surface area contributed by atoms with Crippen molar-refractivity contribution >= 4 is 16.8 Å². The lowest BCUT2D eigenvalue weighted by atomic mass is 9.85. The normalized spacial score (nSPS) is 16.6. The average molecular weight is 270 g/mol. The number of rotatable bonds is 4. The van der Waals surface area contributed by atoms with Crippen LogP contribution in [0.5, 0.6) is 0 Å². The van der Waals surface area contributed by atoms with Gasteiger partial charge in [-0.15, -0.1) is 0 Å². The molecule has 1 aromatic heterocycles. The third-order valence-corrected chi connectivity index (χ3v) is 4.52. The molecule has 1 heterocycles. The molecule has 2 aromatic rings. The average Bonchev–Trinajstić information content (AvgIpc) is 2.91. The quantitative estimate of drug-likeness (QED) is 0.707. The zero-order chi connectivity index (χ0) is 13.9. The lowest BCUT2D eigenvalue weighted by molar-refractivity contribution is 0.0945. The van der Waals surface area contributed by atoms with Gasteiger partial charge >= 0.3 is 0 Å². The van der Waals surface area contributed by atoms with Crippen LogP contribution in [-0.4, -0.2) is 5.78 Å². The summed E-state index contributed by atoms with van der Waals surface area (Å²) in [4.78, 5) is 12.3. The van der Waals surface area contributed by atoms with E-state index < -0.39 is 0 Å². The summed E-state index contributed by atoms with van der Waals surface area (Å²) in [5.74, 6) is 1.44. The van der Waals surface area contributed by atoms with Gasteiger partial charge in [-0.05, 0) is 30.9 Å². The molecule has 1 fully saturated rings. The Morgan fingerprint density at radius 2 is 2.05 bits per heavy atom. The van der Waals surface area contributed by atoms with Crippen molar-refractivity contribution in [1.82, 2.24) is 0 Å². The van der Waals surface area contributed by atoms with Crippen LogP contribution in [0.1, 0.15) is 61.1 Å². The van der Waals surface area contributed by atoms with E-state index in [0.717, 1.165) is 28.9 Å². The largest absolute Gasteiger partial charge is 0.453 e.